The summed E-state index contributed by atoms with van der Waals surface area (Å²) in [6, 6.07) is 0. The van der Waals surface area contributed by atoms with Gasteiger partial charge in [0.25, 0.3) is 0 Å². The van der Waals surface area contributed by atoms with E-state index in [4.69, 9.17) is 9.47 Å². The van der Waals surface area contributed by atoms with E-state index in [0.717, 1.165) is 13.1 Å². The second-order valence-corrected chi connectivity index (χ2v) is 6.22. The highest BCUT2D eigenvalue weighted by atomic mass is 16.5. The Balaban J connectivity index is 1.64. The molecule has 2 rings (SSSR count). The topological polar surface area (TPSA) is 41.9 Å². The number of rotatable bonds is 5. The fourth-order valence-corrected chi connectivity index (χ4v) is 3.26. The minimum absolute atomic E-state index is 0.259. The largest absolute Gasteiger partial charge is 0.389 e. The van der Waals surface area contributed by atoms with Crippen LogP contribution in [0, 0.1) is 0 Å². The van der Waals surface area contributed by atoms with Gasteiger partial charge in [0.15, 0.2) is 0 Å². The molecule has 4 nitrogen and oxygen atoms in total. The highest BCUT2D eigenvalue weighted by molar-refractivity contribution is 4.75. The van der Waals surface area contributed by atoms with Crippen LogP contribution in [0.1, 0.15) is 46.0 Å². The Hall–Kier alpha value is -0.160. The van der Waals surface area contributed by atoms with Crippen molar-refractivity contribution >= 4 is 0 Å². The predicted molar refractivity (Wildman–Crippen MR) is 75.3 cm³/mol. The Labute approximate surface area is 117 Å². The molecule has 2 fully saturated rings. The van der Waals surface area contributed by atoms with Crippen molar-refractivity contribution in [2.45, 2.75) is 70.4 Å². The van der Waals surface area contributed by atoms with Gasteiger partial charge in [0.2, 0.25) is 0 Å². The molecule has 0 bridgehead atoms. The minimum Gasteiger partial charge on any atom is -0.389 e. The van der Waals surface area contributed by atoms with Crippen LogP contribution >= 0.6 is 0 Å². The molecular weight excluding hydrogens is 242 g/mol. The second kappa shape index (κ2) is 7.58. The summed E-state index contributed by atoms with van der Waals surface area (Å²) in [5, 5.41) is 10.1. The first-order chi connectivity index (χ1) is 9.13. The zero-order valence-corrected chi connectivity index (χ0v) is 12.4. The van der Waals surface area contributed by atoms with Crippen LogP contribution in [-0.4, -0.2) is 60.7 Å². The average Bonchev–Trinajstić information content (AvgIpc) is 2.36. The molecular formula is C15H29NO3. The number of aliphatic hydroxyl groups is 1. The van der Waals surface area contributed by atoms with Gasteiger partial charge in [-0.25, -0.2) is 0 Å². The lowest BCUT2D eigenvalue weighted by molar-refractivity contribution is -0.0873. The van der Waals surface area contributed by atoms with E-state index in [1.165, 1.54) is 32.1 Å². The molecule has 0 spiro atoms. The standard InChI is InChI=1S/C15H29NO3/c1-12-8-16(9-13(2)19-12)10-14(17)11-18-15-6-4-3-5-7-15/h12-15,17H,3-11H2,1-2H3/t12-,13-,14-/m0/s1. The SMILES string of the molecule is C[C@H]1CN(C[C@H](O)COC2CCCCC2)C[C@H](C)O1. The number of nitrogens with zero attached hydrogens (tertiary/aromatic N) is 1. The summed E-state index contributed by atoms with van der Waals surface area (Å²) in [7, 11) is 0. The molecule has 1 saturated carbocycles. The molecule has 112 valence electrons. The summed E-state index contributed by atoms with van der Waals surface area (Å²) in [5.41, 5.74) is 0. The van der Waals surface area contributed by atoms with Gasteiger partial charge in [0.1, 0.15) is 0 Å². The summed E-state index contributed by atoms with van der Waals surface area (Å²) < 4.78 is 11.5. The van der Waals surface area contributed by atoms with Gasteiger partial charge in [-0.05, 0) is 26.7 Å². The monoisotopic (exact) mass is 271 g/mol. The van der Waals surface area contributed by atoms with Crippen molar-refractivity contribution in [3.8, 4) is 0 Å². The van der Waals surface area contributed by atoms with E-state index in [1.54, 1.807) is 0 Å². The predicted octanol–water partition coefficient (Wildman–Crippen LogP) is 1.81. The van der Waals surface area contributed by atoms with E-state index in [1.807, 2.05) is 0 Å². The minimum atomic E-state index is -0.376. The first kappa shape index (κ1) is 15.2. The van der Waals surface area contributed by atoms with Gasteiger partial charge in [-0.2, -0.15) is 0 Å². The van der Waals surface area contributed by atoms with E-state index < -0.39 is 0 Å². The Morgan fingerprint density at radius 2 is 1.79 bits per heavy atom. The maximum absolute atomic E-state index is 10.1. The number of ether oxygens (including phenoxy) is 2. The van der Waals surface area contributed by atoms with Gasteiger partial charge < -0.3 is 14.6 Å². The van der Waals surface area contributed by atoms with Crippen LogP contribution in [0.25, 0.3) is 0 Å². The van der Waals surface area contributed by atoms with Gasteiger partial charge in [0.05, 0.1) is 31.0 Å². The molecule has 4 heteroatoms. The third-order valence-corrected chi connectivity index (χ3v) is 4.04. The van der Waals surface area contributed by atoms with Crippen molar-refractivity contribution in [1.82, 2.24) is 4.90 Å². The van der Waals surface area contributed by atoms with Crippen LogP contribution in [0.2, 0.25) is 0 Å². The van der Waals surface area contributed by atoms with Crippen molar-refractivity contribution in [1.29, 1.82) is 0 Å². The lowest BCUT2D eigenvalue weighted by Crippen LogP contribution is -2.48. The first-order valence-electron chi connectivity index (χ1n) is 7.81. The zero-order valence-electron chi connectivity index (χ0n) is 12.4. The first-order valence-corrected chi connectivity index (χ1v) is 7.81. The lowest BCUT2D eigenvalue weighted by atomic mass is 9.98. The summed E-state index contributed by atoms with van der Waals surface area (Å²) in [5.74, 6) is 0. The Kier molecular flexibility index (Phi) is 6.07. The van der Waals surface area contributed by atoms with E-state index in [0.29, 0.717) is 19.3 Å². The van der Waals surface area contributed by atoms with E-state index >= 15 is 0 Å². The van der Waals surface area contributed by atoms with Crippen LogP contribution in [0.3, 0.4) is 0 Å². The van der Waals surface area contributed by atoms with Crippen LogP contribution in [0.5, 0.6) is 0 Å². The van der Waals surface area contributed by atoms with Crippen LogP contribution in [0.4, 0.5) is 0 Å². The number of aliphatic hydroxyl groups excluding tert-OH is 1. The number of hydrogen-bond acceptors (Lipinski definition) is 4. The lowest BCUT2D eigenvalue weighted by Gasteiger charge is -2.36. The van der Waals surface area contributed by atoms with Crippen molar-refractivity contribution < 1.29 is 14.6 Å². The van der Waals surface area contributed by atoms with Gasteiger partial charge in [0, 0.05) is 19.6 Å². The fraction of sp³-hybridized carbons (Fsp3) is 1.00. The summed E-state index contributed by atoms with van der Waals surface area (Å²) in [6.45, 7) is 7.17. The number of β-amino-alcohol motifs (C(OH)–C–C–N with tert-alkyl or cyclic N) is 1. The molecule has 0 aromatic heterocycles. The van der Waals surface area contributed by atoms with Crippen LogP contribution < -0.4 is 0 Å². The van der Waals surface area contributed by atoms with Crippen molar-refractivity contribution in [3.05, 3.63) is 0 Å². The molecule has 1 saturated heterocycles. The molecule has 1 aliphatic carbocycles. The zero-order chi connectivity index (χ0) is 13.7. The molecule has 0 radical (unpaired) electrons. The van der Waals surface area contributed by atoms with Crippen LogP contribution in [0.15, 0.2) is 0 Å². The Morgan fingerprint density at radius 1 is 1.16 bits per heavy atom. The van der Waals surface area contributed by atoms with E-state index in [2.05, 4.69) is 18.7 Å². The molecule has 1 heterocycles. The molecule has 1 N–H and O–H groups in total. The normalized spacial score (nSPS) is 32.4. The van der Waals surface area contributed by atoms with Crippen molar-refractivity contribution in [2.75, 3.05) is 26.2 Å². The highest BCUT2D eigenvalue weighted by Crippen LogP contribution is 2.20. The summed E-state index contributed by atoms with van der Waals surface area (Å²) >= 11 is 0. The molecule has 0 amide bonds. The average molecular weight is 271 g/mol. The van der Waals surface area contributed by atoms with Crippen molar-refractivity contribution in [3.63, 3.8) is 0 Å². The maximum Gasteiger partial charge on any atom is 0.0900 e. The fourth-order valence-electron chi connectivity index (χ4n) is 3.26. The van der Waals surface area contributed by atoms with E-state index in [-0.39, 0.29) is 18.3 Å². The van der Waals surface area contributed by atoms with Gasteiger partial charge in [-0.15, -0.1) is 0 Å². The molecule has 2 aliphatic rings. The quantitative estimate of drug-likeness (QED) is 0.828. The molecule has 0 aromatic carbocycles. The van der Waals surface area contributed by atoms with Crippen molar-refractivity contribution in [2.24, 2.45) is 0 Å². The maximum atomic E-state index is 10.1. The molecule has 0 unspecified atom stereocenters. The molecule has 19 heavy (non-hydrogen) atoms. The van der Waals surface area contributed by atoms with Gasteiger partial charge in [-0.1, -0.05) is 19.3 Å². The number of morpholine rings is 1. The van der Waals surface area contributed by atoms with Crippen LogP contribution in [-0.2, 0) is 9.47 Å². The van der Waals surface area contributed by atoms with Gasteiger partial charge in [-0.3, -0.25) is 4.90 Å². The third kappa shape index (κ3) is 5.38. The molecule has 0 aromatic rings. The number of hydrogen-bond donors (Lipinski definition) is 1. The molecule has 1 aliphatic heterocycles. The highest BCUT2D eigenvalue weighted by Gasteiger charge is 2.24. The smallest absolute Gasteiger partial charge is 0.0900 e. The summed E-state index contributed by atoms with van der Waals surface area (Å²) in [4.78, 5) is 2.29. The molecule has 3 atom stereocenters. The van der Waals surface area contributed by atoms with Gasteiger partial charge >= 0.3 is 0 Å². The Bertz CT molecular complexity index is 246. The third-order valence-electron chi connectivity index (χ3n) is 4.04. The van der Waals surface area contributed by atoms with E-state index in [9.17, 15) is 5.11 Å². The second-order valence-electron chi connectivity index (χ2n) is 6.22. The Morgan fingerprint density at radius 3 is 2.42 bits per heavy atom. The summed E-state index contributed by atoms with van der Waals surface area (Å²) in [6.07, 6.45) is 6.75.